The summed E-state index contributed by atoms with van der Waals surface area (Å²) in [6.07, 6.45) is 0.284. The van der Waals surface area contributed by atoms with Gasteiger partial charge in [-0.1, -0.05) is 146 Å². The third-order valence-electron chi connectivity index (χ3n) is 11.4. The summed E-state index contributed by atoms with van der Waals surface area (Å²) in [5.74, 6) is 1.42. The van der Waals surface area contributed by atoms with Crippen molar-refractivity contribution >= 4 is 61.1 Å². The zero-order valence-corrected chi connectivity index (χ0v) is 34.1. The average Bonchev–Trinajstić information content (AvgIpc) is 3.31. The van der Waals surface area contributed by atoms with Crippen LogP contribution in [0.25, 0.3) is 65.6 Å². The molecule has 0 aliphatic rings. The summed E-state index contributed by atoms with van der Waals surface area (Å²) in [6.45, 7) is 0.789. The monoisotopic (exact) mass is 808 g/mol. The summed E-state index contributed by atoms with van der Waals surface area (Å²) in [4.78, 5) is 22.1. The molecule has 6 heteroatoms. The van der Waals surface area contributed by atoms with Gasteiger partial charge in [-0.15, -0.1) is 12.6 Å². The predicted molar refractivity (Wildman–Crippen MR) is 251 cm³/mol. The Morgan fingerprint density at radius 1 is 0.459 bits per heavy atom. The molecule has 61 heavy (non-hydrogen) atoms. The lowest BCUT2D eigenvalue weighted by Crippen LogP contribution is -2.05. The van der Waals surface area contributed by atoms with Crippen LogP contribution in [0.5, 0.6) is 11.5 Å². The van der Waals surface area contributed by atoms with Crippen LogP contribution in [0, 0.1) is 0 Å². The highest BCUT2D eigenvalue weighted by molar-refractivity contribution is 7.96. The van der Waals surface area contributed by atoms with Crippen molar-refractivity contribution in [2.45, 2.75) is 25.6 Å². The van der Waals surface area contributed by atoms with Crippen LogP contribution in [0.1, 0.15) is 34.9 Å². The molecule has 5 nitrogen and oxygen atoms in total. The Balaban J connectivity index is 0.866. The number of aromatic nitrogens is 2. The van der Waals surface area contributed by atoms with E-state index < -0.39 is 0 Å². The molecular weight excluding hydrogens is 769 g/mol. The summed E-state index contributed by atoms with van der Waals surface area (Å²) >= 11 is 4.26. The Hall–Kier alpha value is -7.28. The molecule has 294 valence electrons. The van der Waals surface area contributed by atoms with Gasteiger partial charge in [0.05, 0.1) is 22.4 Å². The van der Waals surface area contributed by atoms with E-state index in [2.05, 4.69) is 134 Å². The summed E-state index contributed by atoms with van der Waals surface area (Å²) in [5, 5.41) is 6.58. The second-order valence-electron chi connectivity index (χ2n) is 15.3. The number of nitrogens with zero attached hydrogens (tertiary/aromatic N) is 2. The molecule has 0 unspecified atom stereocenters. The van der Waals surface area contributed by atoms with E-state index in [0.717, 1.165) is 99.6 Å². The van der Waals surface area contributed by atoms with Crippen LogP contribution in [0.4, 0.5) is 0 Å². The zero-order chi connectivity index (χ0) is 41.1. The van der Waals surface area contributed by atoms with Crippen LogP contribution in [0.3, 0.4) is 0 Å². The average molecular weight is 809 g/mol. The molecule has 0 fully saturated rings. The van der Waals surface area contributed by atoms with Crippen molar-refractivity contribution in [3.63, 3.8) is 0 Å². The van der Waals surface area contributed by atoms with Crippen molar-refractivity contribution in [1.29, 1.82) is 0 Å². The molecule has 0 radical (unpaired) electrons. The van der Waals surface area contributed by atoms with Gasteiger partial charge in [0, 0.05) is 23.1 Å². The fourth-order valence-electron chi connectivity index (χ4n) is 8.30. The fourth-order valence-corrected chi connectivity index (χ4v) is 8.48. The highest BCUT2D eigenvalue weighted by Gasteiger charge is 2.19. The standard InChI is InChI=1S/C55H40N2O3S/c58-55(61)33-52(42-21-29-50-40(31-42)9-5-11-48(50)36-17-25-46(26-18-36)59-34-44-23-15-38-7-1-3-13-53(38)56-44)43-22-30-51-41(32-43)10-6-12-49(51)37-19-27-47(28-20-37)60-35-45-24-16-39-8-2-4-14-54(39)57-45/h1-32,52H,33-35H2,(H,58,61). The lowest BCUT2D eigenvalue weighted by atomic mass is 9.85. The van der Waals surface area contributed by atoms with Gasteiger partial charge in [0.2, 0.25) is 0 Å². The van der Waals surface area contributed by atoms with Crippen LogP contribution >= 0.6 is 12.6 Å². The first-order valence-electron chi connectivity index (χ1n) is 20.4. The van der Waals surface area contributed by atoms with Crippen LogP contribution < -0.4 is 9.47 Å². The number of carbonyl (C=O) groups excluding carboxylic acids is 1. The Bertz CT molecular complexity index is 3010. The van der Waals surface area contributed by atoms with Gasteiger partial charge < -0.3 is 9.47 Å². The van der Waals surface area contributed by atoms with Crippen molar-refractivity contribution in [2.75, 3.05) is 0 Å². The topological polar surface area (TPSA) is 61.3 Å². The Morgan fingerprint density at radius 3 is 1.36 bits per heavy atom. The smallest absolute Gasteiger partial charge is 0.186 e. The Labute approximate surface area is 359 Å². The molecule has 0 saturated heterocycles. The van der Waals surface area contributed by atoms with E-state index in [1.54, 1.807) is 0 Å². The molecule has 10 rings (SSSR count). The lowest BCUT2D eigenvalue weighted by molar-refractivity contribution is -0.111. The van der Waals surface area contributed by atoms with Gasteiger partial charge >= 0.3 is 0 Å². The van der Waals surface area contributed by atoms with Crippen LogP contribution in [-0.4, -0.2) is 15.1 Å². The molecule has 0 saturated carbocycles. The maximum absolute atomic E-state index is 12.7. The second-order valence-corrected chi connectivity index (χ2v) is 15.8. The van der Waals surface area contributed by atoms with Crippen molar-refractivity contribution < 1.29 is 14.3 Å². The van der Waals surface area contributed by atoms with Crippen molar-refractivity contribution in [1.82, 2.24) is 9.97 Å². The molecule has 0 aliphatic heterocycles. The van der Waals surface area contributed by atoms with E-state index in [-0.39, 0.29) is 17.5 Å². The van der Waals surface area contributed by atoms with Crippen LogP contribution in [0.2, 0.25) is 0 Å². The van der Waals surface area contributed by atoms with E-state index in [1.165, 1.54) is 0 Å². The predicted octanol–water partition coefficient (Wildman–Crippen LogP) is 13.6. The van der Waals surface area contributed by atoms with Gasteiger partial charge in [-0.2, -0.15) is 0 Å². The zero-order valence-electron chi connectivity index (χ0n) is 33.2. The van der Waals surface area contributed by atoms with Gasteiger partial charge in [0.15, 0.2) is 5.12 Å². The maximum Gasteiger partial charge on any atom is 0.186 e. The number of para-hydroxylation sites is 2. The molecule has 2 heterocycles. The highest BCUT2D eigenvalue weighted by Crippen LogP contribution is 2.38. The molecule has 0 atom stereocenters. The second kappa shape index (κ2) is 16.8. The summed E-state index contributed by atoms with van der Waals surface area (Å²) in [5.41, 5.74) is 10.3. The number of hydrogen-bond donors (Lipinski definition) is 1. The number of hydrogen-bond acceptors (Lipinski definition) is 5. The number of carbonyl (C=O) groups is 1. The normalized spacial score (nSPS) is 11.4. The summed E-state index contributed by atoms with van der Waals surface area (Å²) < 4.78 is 12.2. The van der Waals surface area contributed by atoms with Gasteiger partial charge in [-0.05, 0) is 103 Å². The van der Waals surface area contributed by atoms with E-state index in [4.69, 9.17) is 19.4 Å². The maximum atomic E-state index is 12.7. The molecule has 8 aromatic carbocycles. The van der Waals surface area contributed by atoms with Gasteiger partial charge in [-0.25, -0.2) is 9.97 Å². The first-order valence-corrected chi connectivity index (χ1v) is 20.9. The molecular formula is C55H40N2O3S. The largest absolute Gasteiger partial charge is 0.487 e. The number of fused-ring (bicyclic) bond motifs is 4. The number of ether oxygens (including phenoxy) is 2. The van der Waals surface area contributed by atoms with Crippen molar-refractivity contribution in [3.05, 3.63) is 217 Å². The molecule has 0 amide bonds. The van der Waals surface area contributed by atoms with E-state index in [0.29, 0.717) is 13.2 Å². The molecule has 10 aromatic rings. The lowest BCUT2D eigenvalue weighted by Gasteiger charge is -2.19. The minimum Gasteiger partial charge on any atom is -0.487 e. The minimum absolute atomic E-state index is 0.148. The fraction of sp³-hybridized carbons (Fsp3) is 0.0727. The molecule has 2 aromatic heterocycles. The van der Waals surface area contributed by atoms with Crippen molar-refractivity contribution in [3.8, 4) is 33.8 Å². The Kier molecular flexibility index (Phi) is 10.4. The number of benzene rings is 8. The van der Waals surface area contributed by atoms with E-state index >= 15 is 0 Å². The summed E-state index contributed by atoms with van der Waals surface area (Å²) in [6, 6.07) is 66.7. The van der Waals surface area contributed by atoms with Crippen molar-refractivity contribution in [2.24, 2.45) is 0 Å². The minimum atomic E-state index is -0.159. The molecule has 0 aliphatic carbocycles. The number of pyridine rings is 2. The molecule has 0 spiro atoms. The third-order valence-corrected chi connectivity index (χ3v) is 11.6. The Morgan fingerprint density at radius 2 is 0.902 bits per heavy atom. The molecule has 0 N–H and O–H groups in total. The SMILES string of the molecule is O=C(S)CC(c1ccc2c(-c3ccc(OCc4ccc5ccccc5n4)cc3)cccc2c1)c1ccc2c(-c3ccc(OCc4ccc5ccccc5n4)cc3)cccc2c1. The summed E-state index contributed by atoms with van der Waals surface area (Å²) in [7, 11) is 0. The first-order chi connectivity index (χ1) is 30.0. The number of rotatable bonds is 12. The van der Waals surface area contributed by atoms with Gasteiger partial charge in [-0.3, -0.25) is 4.79 Å². The van der Waals surface area contributed by atoms with Crippen LogP contribution in [-0.2, 0) is 18.0 Å². The van der Waals surface area contributed by atoms with Gasteiger partial charge in [0.1, 0.15) is 24.7 Å². The van der Waals surface area contributed by atoms with E-state index in [9.17, 15) is 4.79 Å². The quantitative estimate of drug-likeness (QED) is 0.125. The first kappa shape index (κ1) is 38.0. The molecule has 0 bridgehead atoms. The van der Waals surface area contributed by atoms with E-state index in [1.807, 2.05) is 72.8 Å². The third kappa shape index (κ3) is 8.19. The number of thiol groups is 1. The van der Waals surface area contributed by atoms with Crippen LogP contribution in [0.15, 0.2) is 194 Å². The highest BCUT2D eigenvalue weighted by atomic mass is 32.1. The van der Waals surface area contributed by atoms with Gasteiger partial charge in [0.25, 0.3) is 0 Å².